The highest BCUT2D eigenvalue weighted by atomic mass is 35.5. The fraction of sp³-hybridized carbons (Fsp3) is 0.625. The number of nitrogens with zero attached hydrogens (tertiary/aromatic N) is 2. The molecule has 1 aromatic rings. The van der Waals surface area contributed by atoms with Crippen LogP contribution in [0.15, 0.2) is 18.2 Å². The SMILES string of the molecule is NCc1cc(Cl)ccc1N1CCC(N2CCCCC2)C1. The molecule has 3 rings (SSSR count). The minimum atomic E-state index is 0.556. The maximum absolute atomic E-state index is 6.07. The van der Waals surface area contributed by atoms with E-state index >= 15 is 0 Å². The highest BCUT2D eigenvalue weighted by molar-refractivity contribution is 6.30. The number of hydrogen-bond acceptors (Lipinski definition) is 3. The first-order chi connectivity index (χ1) is 9.78. The Morgan fingerprint density at radius 1 is 1.15 bits per heavy atom. The Hall–Kier alpha value is -0.770. The Bertz CT molecular complexity index is 457. The molecule has 0 amide bonds. The Morgan fingerprint density at radius 2 is 1.95 bits per heavy atom. The van der Waals surface area contributed by atoms with Crippen LogP contribution in [0.5, 0.6) is 0 Å². The van der Waals surface area contributed by atoms with E-state index in [0.717, 1.165) is 29.7 Å². The zero-order valence-corrected chi connectivity index (χ0v) is 12.8. The van der Waals surface area contributed by atoms with Gasteiger partial charge in [0, 0.05) is 36.4 Å². The lowest BCUT2D eigenvalue weighted by Gasteiger charge is -2.32. The molecule has 2 fully saturated rings. The van der Waals surface area contributed by atoms with E-state index in [0.29, 0.717) is 6.54 Å². The van der Waals surface area contributed by atoms with Crippen molar-refractivity contribution < 1.29 is 0 Å². The lowest BCUT2D eigenvalue weighted by Crippen LogP contribution is -2.41. The summed E-state index contributed by atoms with van der Waals surface area (Å²) in [6, 6.07) is 6.83. The average molecular weight is 294 g/mol. The third kappa shape index (κ3) is 2.95. The van der Waals surface area contributed by atoms with Gasteiger partial charge >= 0.3 is 0 Å². The summed E-state index contributed by atoms with van der Waals surface area (Å²) >= 11 is 6.07. The van der Waals surface area contributed by atoms with Crippen LogP contribution in [0.3, 0.4) is 0 Å². The summed E-state index contributed by atoms with van der Waals surface area (Å²) in [5.74, 6) is 0. The van der Waals surface area contributed by atoms with Gasteiger partial charge in [-0.15, -0.1) is 0 Å². The van der Waals surface area contributed by atoms with Crippen molar-refractivity contribution >= 4 is 17.3 Å². The molecule has 0 saturated carbocycles. The van der Waals surface area contributed by atoms with Crippen LogP contribution in [0.2, 0.25) is 5.02 Å². The van der Waals surface area contributed by atoms with Gasteiger partial charge in [0.25, 0.3) is 0 Å². The fourth-order valence-corrected chi connectivity index (χ4v) is 3.76. The second-order valence-electron chi connectivity index (χ2n) is 5.96. The number of hydrogen-bond donors (Lipinski definition) is 1. The summed E-state index contributed by atoms with van der Waals surface area (Å²) in [5, 5.41) is 0.779. The minimum Gasteiger partial charge on any atom is -0.370 e. The van der Waals surface area contributed by atoms with Crippen LogP contribution in [0.25, 0.3) is 0 Å². The third-order valence-electron chi connectivity index (χ3n) is 4.67. The molecule has 20 heavy (non-hydrogen) atoms. The largest absolute Gasteiger partial charge is 0.370 e. The summed E-state index contributed by atoms with van der Waals surface area (Å²) in [4.78, 5) is 5.17. The molecule has 3 nitrogen and oxygen atoms in total. The summed E-state index contributed by atoms with van der Waals surface area (Å²) in [6.07, 6.45) is 5.41. The van der Waals surface area contributed by atoms with Gasteiger partial charge in [0.05, 0.1) is 0 Å². The molecule has 2 saturated heterocycles. The van der Waals surface area contributed by atoms with Crippen molar-refractivity contribution in [2.45, 2.75) is 38.3 Å². The van der Waals surface area contributed by atoms with E-state index in [1.807, 2.05) is 12.1 Å². The number of benzene rings is 1. The predicted molar refractivity (Wildman–Crippen MR) is 85.4 cm³/mol. The Kier molecular flexibility index (Phi) is 4.49. The molecule has 0 bridgehead atoms. The van der Waals surface area contributed by atoms with E-state index in [2.05, 4.69) is 15.9 Å². The van der Waals surface area contributed by atoms with Gasteiger partial charge in [-0.3, -0.25) is 4.90 Å². The number of rotatable bonds is 3. The number of piperidine rings is 1. The van der Waals surface area contributed by atoms with Gasteiger partial charge in [0.2, 0.25) is 0 Å². The highest BCUT2D eigenvalue weighted by Gasteiger charge is 2.29. The van der Waals surface area contributed by atoms with Crippen LogP contribution < -0.4 is 10.6 Å². The maximum atomic E-state index is 6.07. The van der Waals surface area contributed by atoms with Crippen molar-refractivity contribution in [1.29, 1.82) is 0 Å². The molecule has 2 aliphatic heterocycles. The highest BCUT2D eigenvalue weighted by Crippen LogP contribution is 2.29. The molecule has 0 aromatic heterocycles. The van der Waals surface area contributed by atoms with E-state index in [9.17, 15) is 0 Å². The summed E-state index contributed by atoms with van der Waals surface area (Å²) in [5.41, 5.74) is 8.31. The maximum Gasteiger partial charge on any atom is 0.0413 e. The van der Waals surface area contributed by atoms with Crippen LogP contribution in [0.1, 0.15) is 31.2 Å². The first-order valence-corrected chi connectivity index (χ1v) is 8.13. The molecule has 1 aromatic carbocycles. The number of anilines is 1. The van der Waals surface area contributed by atoms with Crippen LogP contribution in [-0.2, 0) is 6.54 Å². The van der Waals surface area contributed by atoms with E-state index in [-0.39, 0.29) is 0 Å². The molecule has 2 N–H and O–H groups in total. The molecule has 1 atom stereocenters. The van der Waals surface area contributed by atoms with Crippen molar-refractivity contribution in [2.75, 3.05) is 31.1 Å². The van der Waals surface area contributed by atoms with Gasteiger partial charge in [-0.1, -0.05) is 18.0 Å². The van der Waals surface area contributed by atoms with E-state index in [1.165, 1.54) is 44.5 Å². The number of nitrogens with two attached hydrogens (primary N) is 1. The van der Waals surface area contributed by atoms with Crippen LogP contribution in [0.4, 0.5) is 5.69 Å². The van der Waals surface area contributed by atoms with Gasteiger partial charge in [-0.05, 0) is 56.1 Å². The first kappa shape index (κ1) is 14.2. The topological polar surface area (TPSA) is 32.5 Å². The zero-order chi connectivity index (χ0) is 13.9. The zero-order valence-electron chi connectivity index (χ0n) is 12.0. The summed E-state index contributed by atoms with van der Waals surface area (Å²) in [6.45, 7) is 5.39. The quantitative estimate of drug-likeness (QED) is 0.930. The van der Waals surface area contributed by atoms with Crippen LogP contribution in [-0.4, -0.2) is 37.1 Å². The predicted octanol–water partition coefficient (Wildman–Crippen LogP) is 2.86. The van der Waals surface area contributed by atoms with Gasteiger partial charge in [0.1, 0.15) is 0 Å². The fourth-order valence-electron chi connectivity index (χ4n) is 3.57. The molecule has 1 unspecified atom stereocenters. The smallest absolute Gasteiger partial charge is 0.0413 e. The Labute approximate surface area is 126 Å². The van der Waals surface area contributed by atoms with Crippen molar-refractivity contribution in [3.05, 3.63) is 28.8 Å². The minimum absolute atomic E-state index is 0.556. The molecule has 2 heterocycles. The van der Waals surface area contributed by atoms with Crippen molar-refractivity contribution in [3.8, 4) is 0 Å². The van der Waals surface area contributed by atoms with E-state index in [4.69, 9.17) is 17.3 Å². The van der Waals surface area contributed by atoms with Crippen LogP contribution in [0, 0.1) is 0 Å². The Morgan fingerprint density at radius 3 is 2.70 bits per heavy atom. The van der Waals surface area contributed by atoms with E-state index in [1.54, 1.807) is 0 Å². The first-order valence-electron chi connectivity index (χ1n) is 7.75. The van der Waals surface area contributed by atoms with Crippen molar-refractivity contribution in [1.82, 2.24) is 4.90 Å². The van der Waals surface area contributed by atoms with E-state index < -0.39 is 0 Å². The second-order valence-corrected chi connectivity index (χ2v) is 6.40. The molecular weight excluding hydrogens is 270 g/mol. The number of halogens is 1. The van der Waals surface area contributed by atoms with Gasteiger partial charge in [-0.2, -0.15) is 0 Å². The molecule has 110 valence electrons. The second kappa shape index (κ2) is 6.33. The normalized spacial score (nSPS) is 24.3. The lowest BCUT2D eigenvalue weighted by molar-refractivity contribution is 0.175. The van der Waals surface area contributed by atoms with Crippen molar-refractivity contribution in [3.63, 3.8) is 0 Å². The van der Waals surface area contributed by atoms with Gasteiger partial charge in [-0.25, -0.2) is 0 Å². The third-order valence-corrected chi connectivity index (χ3v) is 4.91. The summed E-state index contributed by atoms with van der Waals surface area (Å²) < 4.78 is 0. The standard InChI is InChI=1S/C16H24ClN3/c17-14-4-5-16(13(10-14)11-18)20-9-6-15(12-20)19-7-2-1-3-8-19/h4-5,10,15H,1-3,6-9,11-12,18H2. The van der Waals surface area contributed by atoms with Crippen molar-refractivity contribution in [2.24, 2.45) is 5.73 Å². The Balaban J connectivity index is 1.70. The molecule has 4 heteroatoms. The molecule has 0 aliphatic carbocycles. The molecule has 2 aliphatic rings. The molecule has 0 spiro atoms. The van der Waals surface area contributed by atoms with Crippen LogP contribution >= 0.6 is 11.6 Å². The van der Waals surface area contributed by atoms with Gasteiger partial charge in [0.15, 0.2) is 0 Å². The average Bonchev–Trinajstić information content (AvgIpc) is 2.97. The van der Waals surface area contributed by atoms with Gasteiger partial charge < -0.3 is 10.6 Å². The lowest BCUT2D eigenvalue weighted by atomic mass is 10.1. The molecular formula is C16H24ClN3. The monoisotopic (exact) mass is 293 g/mol. The number of likely N-dealkylation sites (tertiary alicyclic amines) is 1. The summed E-state index contributed by atoms with van der Waals surface area (Å²) in [7, 11) is 0. The molecule has 0 radical (unpaired) electrons.